The molecule has 0 aliphatic carbocycles. The highest BCUT2D eigenvalue weighted by molar-refractivity contribution is 5.82. The van der Waals surface area contributed by atoms with Crippen LogP contribution in [-0.2, 0) is 9.59 Å². The quantitative estimate of drug-likeness (QED) is 0.534. The molecule has 0 fully saturated rings. The standard InChI is InChI=1S/C11H22N2O4/c1-7(8(14)13-10(2,3)4)12-6-11(5,17)9(15)16/h7,12,17H,6H2,1-5H3,(H,13,14)(H,15,16). The number of amides is 1. The summed E-state index contributed by atoms with van der Waals surface area (Å²) in [4.78, 5) is 22.3. The second-order valence-corrected chi connectivity index (χ2v) is 5.42. The van der Waals surface area contributed by atoms with E-state index in [1.807, 2.05) is 20.8 Å². The molecule has 0 aliphatic heterocycles. The van der Waals surface area contributed by atoms with E-state index in [4.69, 9.17) is 5.11 Å². The first kappa shape index (κ1) is 15.9. The number of rotatable bonds is 5. The van der Waals surface area contributed by atoms with Gasteiger partial charge in [-0.3, -0.25) is 4.79 Å². The Hall–Kier alpha value is -1.14. The first-order chi connectivity index (χ1) is 7.46. The topological polar surface area (TPSA) is 98.7 Å². The zero-order valence-corrected chi connectivity index (χ0v) is 11.0. The maximum Gasteiger partial charge on any atom is 0.336 e. The number of carboxylic acids is 1. The summed E-state index contributed by atoms with van der Waals surface area (Å²) in [6.07, 6.45) is 0. The second kappa shape index (κ2) is 5.46. The van der Waals surface area contributed by atoms with Crippen molar-refractivity contribution in [3.8, 4) is 0 Å². The van der Waals surface area contributed by atoms with Crippen molar-refractivity contribution >= 4 is 11.9 Å². The van der Waals surface area contributed by atoms with Crippen LogP contribution in [0.5, 0.6) is 0 Å². The van der Waals surface area contributed by atoms with Gasteiger partial charge in [-0.2, -0.15) is 0 Å². The van der Waals surface area contributed by atoms with Gasteiger partial charge in [-0.15, -0.1) is 0 Å². The third kappa shape index (κ3) is 6.23. The number of hydrogen-bond donors (Lipinski definition) is 4. The van der Waals surface area contributed by atoms with Crippen LogP contribution in [0.4, 0.5) is 0 Å². The molecule has 0 bridgehead atoms. The SMILES string of the molecule is CC(NCC(C)(O)C(=O)O)C(=O)NC(C)(C)C. The van der Waals surface area contributed by atoms with Crippen molar-refractivity contribution < 1.29 is 19.8 Å². The zero-order chi connectivity index (χ0) is 13.9. The minimum Gasteiger partial charge on any atom is -0.479 e. The number of hydrogen-bond acceptors (Lipinski definition) is 4. The van der Waals surface area contributed by atoms with E-state index >= 15 is 0 Å². The van der Waals surface area contributed by atoms with Crippen molar-refractivity contribution in [3.63, 3.8) is 0 Å². The summed E-state index contributed by atoms with van der Waals surface area (Å²) in [5.41, 5.74) is -2.22. The van der Waals surface area contributed by atoms with Crippen molar-refractivity contribution in [2.24, 2.45) is 0 Å². The predicted molar refractivity (Wildman–Crippen MR) is 63.6 cm³/mol. The van der Waals surface area contributed by atoms with E-state index in [9.17, 15) is 14.7 Å². The van der Waals surface area contributed by atoms with Gasteiger partial charge in [0.25, 0.3) is 0 Å². The van der Waals surface area contributed by atoms with Gasteiger partial charge in [0.05, 0.1) is 6.04 Å². The van der Waals surface area contributed by atoms with E-state index in [2.05, 4.69) is 10.6 Å². The van der Waals surface area contributed by atoms with Gasteiger partial charge in [-0.05, 0) is 34.6 Å². The molecule has 0 saturated heterocycles. The van der Waals surface area contributed by atoms with Crippen molar-refractivity contribution in [1.82, 2.24) is 10.6 Å². The first-order valence-corrected chi connectivity index (χ1v) is 5.47. The number of aliphatic carboxylic acids is 1. The minimum absolute atomic E-state index is 0.193. The van der Waals surface area contributed by atoms with Crippen LogP contribution in [-0.4, -0.2) is 45.8 Å². The zero-order valence-electron chi connectivity index (χ0n) is 11.0. The molecule has 0 aliphatic rings. The van der Waals surface area contributed by atoms with Crippen molar-refractivity contribution in [1.29, 1.82) is 0 Å². The Kier molecular flexibility index (Phi) is 5.10. The maximum atomic E-state index is 11.6. The Bertz CT molecular complexity index is 294. The number of aliphatic hydroxyl groups is 1. The normalized spacial score (nSPS) is 17.1. The number of carbonyl (C=O) groups is 2. The van der Waals surface area contributed by atoms with E-state index in [1.54, 1.807) is 6.92 Å². The average molecular weight is 246 g/mol. The second-order valence-electron chi connectivity index (χ2n) is 5.42. The Morgan fingerprint density at radius 3 is 2.06 bits per heavy atom. The van der Waals surface area contributed by atoms with Crippen LogP contribution in [0.1, 0.15) is 34.6 Å². The van der Waals surface area contributed by atoms with Crippen molar-refractivity contribution in [2.45, 2.75) is 51.8 Å². The Morgan fingerprint density at radius 1 is 1.24 bits per heavy atom. The van der Waals surface area contributed by atoms with Crippen LogP contribution < -0.4 is 10.6 Å². The molecule has 0 heterocycles. The number of carbonyl (C=O) groups excluding carboxylic acids is 1. The Balaban J connectivity index is 4.24. The fraction of sp³-hybridized carbons (Fsp3) is 0.818. The lowest BCUT2D eigenvalue weighted by molar-refractivity contribution is -0.156. The van der Waals surface area contributed by atoms with E-state index in [0.29, 0.717) is 0 Å². The van der Waals surface area contributed by atoms with Crippen LogP contribution >= 0.6 is 0 Å². The maximum absolute atomic E-state index is 11.6. The summed E-state index contributed by atoms with van der Waals surface area (Å²) < 4.78 is 0. The van der Waals surface area contributed by atoms with Gasteiger partial charge in [0.1, 0.15) is 0 Å². The molecule has 0 saturated carbocycles. The molecule has 4 N–H and O–H groups in total. The van der Waals surface area contributed by atoms with Crippen LogP contribution in [0.3, 0.4) is 0 Å². The highest BCUT2D eigenvalue weighted by Gasteiger charge is 2.31. The molecular weight excluding hydrogens is 224 g/mol. The van der Waals surface area contributed by atoms with Gasteiger partial charge in [0.15, 0.2) is 5.60 Å². The van der Waals surface area contributed by atoms with Crippen molar-refractivity contribution in [2.75, 3.05) is 6.54 Å². The van der Waals surface area contributed by atoms with Crippen LogP contribution in [0.15, 0.2) is 0 Å². The van der Waals surface area contributed by atoms with Gasteiger partial charge < -0.3 is 20.8 Å². The molecule has 6 heteroatoms. The first-order valence-electron chi connectivity index (χ1n) is 5.47. The van der Waals surface area contributed by atoms with Crippen LogP contribution in [0.25, 0.3) is 0 Å². The molecule has 1 amide bonds. The summed E-state index contributed by atoms with van der Waals surface area (Å²) in [5.74, 6) is -1.56. The summed E-state index contributed by atoms with van der Waals surface area (Å²) in [6.45, 7) is 8.15. The smallest absolute Gasteiger partial charge is 0.336 e. The summed E-state index contributed by atoms with van der Waals surface area (Å²) >= 11 is 0. The molecule has 0 aromatic rings. The molecule has 0 spiro atoms. The molecule has 6 nitrogen and oxygen atoms in total. The summed E-state index contributed by atoms with van der Waals surface area (Å²) in [7, 11) is 0. The molecule has 100 valence electrons. The average Bonchev–Trinajstić information content (AvgIpc) is 2.11. The van der Waals surface area contributed by atoms with Gasteiger partial charge >= 0.3 is 5.97 Å². The van der Waals surface area contributed by atoms with Gasteiger partial charge in [0.2, 0.25) is 5.91 Å². The van der Waals surface area contributed by atoms with E-state index in [-0.39, 0.29) is 18.0 Å². The summed E-state index contributed by atoms with van der Waals surface area (Å²) in [6, 6.07) is -0.569. The monoisotopic (exact) mass is 246 g/mol. The molecule has 0 radical (unpaired) electrons. The Morgan fingerprint density at radius 2 is 1.71 bits per heavy atom. The molecule has 2 unspecified atom stereocenters. The minimum atomic E-state index is -1.88. The van der Waals surface area contributed by atoms with Crippen molar-refractivity contribution in [3.05, 3.63) is 0 Å². The fourth-order valence-electron chi connectivity index (χ4n) is 0.998. The molecule has 17 heavy (non-hydrogen) atoms. The Labute approximate surface area is 101 Å². The van der Waals surface area contributed by atoms with Gasteiger partial charge in [-0.1, -0.05) is 0 Å². The van der Waals surface area contributed by atoms with E-state index < -0.39 is 17.6 Å². The highest BCUT2D eigenvalue weighted by atomic mass is 16.4. The lowest BCUT2D eigenvalue weighted by Gasteiger charge is -2.25. The summed E-state index contributed by atoms with van der Waals surface area (Å²) in [5, 5.41) is 23.6. The van der Waals surface area contributed by atoms with E-state index in [1.165, 1.54) is 6.92 Å². The third-order valence-corrected chi connectivity index (χ3v) is 2.10. The molecule has 2 atom stereocenters. The fourth-order valence-corrected chi connectivity index (χ4v) is 0.998. The number of nitrogens with one attached hydrogen (secondary N) is 2. The molecule has 0 aromatic heterocycles. The van der Waals surface area contributed by atoms with Gasteiger partial charge in [-0.25, -0.2) is 4.79 Å². The molecule has 0 aromatic carbocycles. The van der Waals surface area contributed by atoms with Crippen LogP contribution in [0, 0.1) is 0 Å². The van der Waals surface area contributed by atoms with Crippen LogP contribution in [0.2, 0.25) is 0 Å². The predicted octanol–water partition coefficient (Wildman–Crippen LogP) is -0.285. The highest BCUT2D eigenvalue weighted by Crippen LogP contribution is 2.03. The number of carboxylic acid groups (broad SMARTS) is 1. The lowest BCUT2D eigenvalue weighted by Crippen LogP contribution is -2.53. The largest absolute Gasteiger partial charge is 0.479 e. The van der Waals surface area contributed by atoms with Gasteiger partial charge in [0, 0.05) is 12.1 Å². The third-order valence-electron chi connectivity index (χ3n) is 2.10. The lowest BCUT2D eigenvalue weighted by atomic mass is 10.1. The van der Waals surface area contributed by atoms with E-state index in [0.717, 1.165) is 0 Å². The molecular formula is C11H22N2O4. The molecule has 0 rings (SSSR count).